The van der Waals surface area contributed by atoms with Gasteiger partial charge in [0.05, 0.1) is 12.4 Å². The van der Waals surface area contributed by atoms with Crippen LogP contribution in [-0.4, -0.2) is 27.4 Å². The molecule has 1 aromatic rings. The highest BCUT2D eigenvalue weighted by atomic mass is 35.7. The first-order valence-corrected chi connectivity index (χ1v) is 8.12. The lowest BCUT2D eigenvalue weighted by molar-refractivity contribution is 0.194. The molecule has 0 aliphatic carbocycles. The summed E-state index contributed by atoms with van der Waals surface area (Å²) in [5.74, 6) is 0.378. The maximum Gasteiger partial charge on any atom is 0.232 e. The third kappa shape index (κ3) is 3.69. The Morgan fingerprint density at radius 1 is 1.35 bits per heavy atom. The summed E-state index contributed by atoms with van der Waals surface area (Å²) in [7, 11) is 1.82. The molecule has 1 atom stereocenters. The first kappa shape index (κ1) is 12.9. The number of aryl methyl sites for hydroxylation is 1. The second-order valence-corrected chi connectivity index (χ2v) is 7.15. The van der Waals surface area contributed by atoms with Gasteiger partial charge in [0.1, 0.15) is 0 Å². The summed E-state index contributed by atoms with van der Waals surface area (Å²) >= 11 is 0. The lowest BCUT2D eigenvalue weighted by Gasteiger charge is -2.13. The van der Waals surface area contributed by atoms with Crippen LogP contribution in [0, 0.1) is 0 Å². The normalized spacial score (nSPS) is 20.6. The van der Waals surface area contributed by atoms with Gasteiger partial charge in [0.15, 0.2) is 0 Å². The second-order valence-electron chi connectivity index (χ2n) is 4.25. The SMILES string of the molecule is O=S(=O)(Cl)CCc1ccccc1C1CCOC1. The molecule has 0 spiro atoms. The van der Waals surface area contributed by atoms with Crippen LogP contribution in [0.1, 0.15) is 23.5 Å². The molecule has 0 radical (unpaired) electrons. The molecule has 1 aromatic carbocycles. The van der Waals surface area contributed by atoms with Crippen molar-refractivity contribution >= 4 is 19.7 Å². The Morgan fingerprint density at radius 3 is 2.76 bits per heavy atom. The standard InChI is InChI=1S/C12H15ClO3S/c13-17(14,15)8-6-10-3-1-2-4-12(10)11-5-7-16-9-11/h1-4,11H,5-9H2. The van der Waals surface area contributed by atoms with E-state index in [1.54, 1.807) is 0 Å². The highest BCUT2D eigenvalue weighted by molar-refractivity contribution is 8.13. The van der Waals surface area contributed by atoms with Crippen molar-refractivity contribution in [2.75, 3.05) is 19.0 Å². The molecule has 1 aliphatic heterocycles. The van der Waals surface area contributed by atoms with E-state index in [4.69, 9.17) is 15.4 Å². The second kappa shape index (κ2) is 5.38. The first-order chi connectivity index (χ1) is 8.06. The number of halogens is 1. The van der Waals surface area contributed by atoms with Crippen molar-refractivity contribution in [3.05, 3.63) is 35.4 Å². The molecule has 0 bridgehead atoms. The number of ether oxygens (including phenoxy) is 1. The molecule has 0 amide bonds. The molecule has 1 heterocycles. The van der Waals surface area contributed by atoms with E-state index in [0.717, 1.165) is 25.2 Å². The number of rotatable bonds is 4. The summed E-state index contributed by atoms with van der Waals surface area (Å²) in [6.45, 7) is 1.51. The van der Waals surface area contributed by atoms with Crippen molar-refractivity contribution in [3.63, 3.8) is 0 Å². The van der Waals surface area contributed by atoms with E-state index in [9.17, 15) is 8.42 Å². The summed E-state index contributed by atoms with van der Waals surface area (Å²) < 4.78 is 27.3. The summed E-state index contributed by atoms with van der Waals surface area (Å²) in [5, 5.41) is 0. The molecule has 0 aromatic heterocycles. The van der Waals surface area contributed by atoms with Gasteiger partial charge in [-0.1, -0.05) is 24.3 Å². The van der Waals surface area contributed by atoms with Gasteiger partial charge < -0.3 is 4.74 Å². The van der Waals surface area contributed by atoms with Crippen molar-refractivity contribution in [1.82, 2.24) is 0 Å². The van der Waals surface area contributed by atoms with Gasteiger partial charge in [-0.15, -0.1) is 0 Å². The maximum absolute atomic E-state index is 11.0. The Hall–Kier alpha value is -0.580. The highest BCUT2D eigenvalue weighted by Gasteiger charge is 2.20. The average molecular weight is 275 g/mol. The topological polar surface area (TPSA) is 43.4 Å². The Labute approximate surface area is 106 Å². The van der Waals surface area contributed by atoms with E-state index in [1.165, 1.54) is 5.56 Å². The van der Waals surface area contributed by atoms with Gasteiger partial charge in [0, 0.05) is 23.2 Å². The zero-order valence-electron chi connectivity index (χ0n) is 9.43. The molecule has 1 saturated heterocycles. The number of benzene rings is 1. The van der Waals surface area contributed by atoms with Crippen LogP contribution in [0.2, 0.25) is 0 Å². The fourth-order valence-electron chi connectivity index (χ4n) is 2.17. The summed E-state index contributed by atoms with van der Waals surface area (Å²) in [5.41, 5.74) is 2.26. The molecule has 5 heteroatoms. The molecule has 1 aliphatic rings. The Morgan fingerprint density at radius 2 is 2.12 bits per heavy atom. The largest absolute Gasteiger partial charge is 0.381 e. The Kier molecular flexibility index (Phi) is 4.07. The van der Waals surface area contributed by atoms with E-state index in [-0.39, 0.29) is 5.75 Å². The minimum Gasteiger partial charge on any atom is -0.381 e. The van der Waals surface area contributed by atoms with Crippen LogP contribution in [0.4, 0.5) is 0 Å². The van der Waals surface area contributed by atoms with Crippen molar-refractivity contribution in [3.8, 4) is 0 Å². The fourth-order valence-corrected chi connectivity index (χ4v) is 2.87. The Balaban J connectivity index is 2.15. The Bertz CT molecular complexity index is 478. The van der Waals surface area contributed by atoms with Crippen LogP contribution in [0.15, 0.2) is 24.3 Å². The van der Waals surface area contributed by atoms with Crippen LogP contribution >= 0.6 is 10.7 Å². The van der Waals surface area contributed by atoms with Crippen LogP contribution in [0.3, 0.4) is 0 Å². The predicted molar refractivity (Wildman–Crippen MR) is 68.0 cm³/mol. The summed E-state index contributed by atoms with van der Waals surface area (Å²) in [6.07, 6.45) is 1.48. The summed E-state index contributed by atoms with van der Waals surface area (Å²) in [6, 6.07) is 7.92. The molecule has 2 rings (SSSR count). The van der Waals surface area contributed by atoms with Crippen molar-refractivity contribution in [1.29, 1.82) is 0 Å². The molecule has 1 unspecified atom stereocenters. The fraction of sp³-hybridized carbons (Fsp3) is 0.500. The molecular formula is C12H15ClO3S. The minimum atomic E-state index is -3.42. The van der Waals surface area contributed by atoms with Gasteiger partial charge in [-0.2, -0.15) is 0 Å². The third-order valence-corrected chi connectivity index (χ3v) is 4.19. The molecule has 17 heavy (non-hydrogen) atoms. The maximum atomic E-state index is 11.0. The molecule has 1 fully saturated rings. The quantitative estimate of drug-likeness (QED) is 0.792. The van der Waals surface area contributed by atoms with Crippen LogP contribution < -0.4 is 0 Å². The predicted octanol–water partition coefficient (Wildman–Crippen LogP) is 2.30. The van der Waals surface area contributed by atoms with E-state index in [2.05, 4.69) is 6.07 Å². The number of hydrogen-bond acceptors (Lipinski definition) is 3. The zero-order valence-corrected chi connectivity index (χ0v) is 11.0. The van der Waals surface area contributed by atoms with E-state index in [0.29, 0.717) is 12.3 Å². The zero-order chi connectivity index (χ0) is 12.3. The highest BCUT2D eigenvalue weighted by Crippen LogP contribution is 2.28. The smallest absolute Gasteiger partial charge is 0.232 e. The van der Waals surface area contributed by atoms with Gasteiger partial charge in [0.2, 0.25) is 9.05 Å². The van der Waals surface area contributed by atoms with Crippen molar-refractivity contribution < 1.29 is 13.2 Å². The molecule has 3 nitrogen and oxygen atoms in total. The van der Waals surface area contributed by atoms with Crippen LogP contribution in [0.25, 0.3) is 0 Å². The van der Waals surface area contributed by atoms with E-state index in [1.807, 2.05) is 18.2 Å². The number of hydrogen-bond donors (Lipinski definition) is 0. The monoisotopic (exact) mass is 274 g/mol. The minimum absolute atomic E-state index is 0.0147. The van der Waals surface area contributed by atoms with Gasteiger partial charge in [-0.3, -0.25) is 0 Å². The average Bonchev–Trinajstić information content (AvgIpc) is 2.79. The molecule has 94 valence electrons. The van der Waals surface area contributed by atoms with Crippen LogP contribution in [-0.2, 0) is 20.2 Å². The van der Waals surface area contributed by atoms with E-state index >= 15 is 0 Å². The van der Waals surface area contributed by atoms with Gasteiger partial charge in [0.25, 0.3) is 0 Å². The first-order valence-electron chi connectivity index (χ1n) is 5.64. The van der Waals surface area contributed by atoms with E-state index < -0.39 is 9.05 Å². The van der Waals surface area contributed by atoms with Gasteiger partial charge in [-0.05, 0) is 24.0 Å². The van der Waals surface area contributed by atoms with Crippen molar-refractivity contribution in [2.24, 2.45) is 0 Å². The molecule has 0 N–H and O–H groups in total. The molecule has 0 saturated carbocycles. The lowest BCUT2D eigenvalue weighted by Crippen LogP contribution is -2.07. The van der Waals surface area contributed by atoms with Gasteiger partial charge in [-0.25, -0.2) is 8.42 Å². The summed E-state index contributed by atoms with van der Waals surface area (Å²) in [4.78, 5) is 0. The lowest BCUT2D eigenvalue weighted by atomic mass is 9.92. The van der Waals surface area contributed by atoms with Crippen LogP contribution in [0.5, 0.6) is 0 Å². The van der Waals surface area contributed by atoms with Crippen molar-refractivity contribution in [2.45, 2.75) is 18.8 Å². The molecular weight excluding hydrogens is 260 g/mol. The van der Waals surface area contributed by atoms with Gasteiger partial charge >= 0.3 is 0 Å². The third-order valence-electron chi connectivity index (χ3n) is 3.04.